The van der Waals surface area contributed by atoms with E-state index in [1.807, 2.05) is 24.3 Å². The van der Waals surface area contributed by atoms with Gasteiger partial charge in [0.1, 0.15) is 5.75 Å². The van der Waals surface area contributed by atoms with Crippen LogP contribution in [0.1, 0.15) is 15.9 Å². The Hall–Kier alpha value is -2.43. The lowest BCUT2D eigenvalue weighted by atomic mass is 10.2. The predicted octanol–water partition coefficient (Wildman–Crippen LogP) is 2.50. The van der Waals surface area contributed by atoms with Gasteiger partial charge in [-0.15, -0.1) is 0 Å². The Morgan fingerprint density at radius 2 is 2.15 bits per heavy atom. The maximum absolute atomic E-state index is 12.7. The van der Waals surface area contributed by atoms with Gasteiger partial charge in [0.2, 0.25) is 5.95 Å². The van der Waals surface area contributed by atoms with E-state index in [2.05, 4.69) is 4.98 Å². The molecule has 0 saturated heterocycles. The standard InChI is InChI=1S/C15H15FN2O2/c1-18(10-11-4-3-5-13(8-11)20-2)15(19)12-6-7-14(16)17-9-12/h3-9H,10H2,1-2H3. The van der Waals surface area contributed by atoms with E-state index < -0.39 is 5.95 Å². The molecule has 0 atom stereocenters. The molecule has 2 rings (SSSR count). The van der Waals surface area contributed by atoms with E-state index in [1.165, 1.54) is 18.3 Å². The van der Waals surface area contributed by atoms with Crippen LogP contribution in [0.4, 0.5) is 4.39 Å². The van der Waals surface area contributed by atoms with E-state index in [0.29, 0.717) is 12.1 Å². The number of carbonyl (C=O) groups is 1. The molecular weight excluding hydrogens is 259 g/mol. The fraction of sp³-hybridized carbons (Fsp3) is 0.200. The van der Waals surface area contributed by atoms with E-state index in [0.717, 1.165) is 11.3 Å². The highest BCUT2D eigenvalue weighted by Crippen LogP contribution is 2.15. The smallest absolute Gasteiger partial charge is 0.255 e. The van der Waals surface area contributed by atoms with Gasteiger partial charge in [0, 0.05) is 19.8 Å². The molecule has 0 aliphatic rings. The lowest BCUT2D eigenvalue weighted by molar-refractivity contribution is 0.0784. The van der Waals surface area contributed by atoms with Crippen molar-refractivity contribution in [2.45, 2.75) is 6.54 Å². The summed E-state index contributed by atoms with van der Waals surface area (Å²) in [5.74, 6) is -0.0656. The molecule has 0 fully saturated rings. The molecule has 0 unspecified atom stereocenters. The van der Waals surface area contributed by atoms with Crippen molar-refractivity contribution in [2.24, 2.45) is 0 Å². The van der Waals surface area contributed by atoms with Crippen molar-refractivity contribution in [1.29, 1.82) is 0 Å². The fourth-order valence-corrected chi connectivity index (χ4v) is 1.84. The van der Waals surface area contributed by atoms with Crippen LogP contribution in [-0.4, -0.2) is 29.9 Å². The quantitative estimate of drug-likeness (QED) is 0.804. The number of benzene rings is 1. The van der Waals surface area contributed by atoms with Gasteiger partial charge in [-0.05, 0) is 29.8 Å². The van der Waals surface area contributed by atoms with Crippen molar-refractivity contribution in [2.75, 3.05) is 14.2 Å². The lowest BCUT2D eigenvalue weighted by Gasteiger charge is -2.17. The molecule has 1 heterocycles. The Morgan fingerprint density at radius 3 is 2.80 bits per heavy atom. The molecule has 0 aliphatic carbocycles. The zero-order valence-corrected chi connectivity index (χ0v) is 11.3. The first kappa shape index (κ1) is 14.0. The highest BCUT2D eigenvalue weighted by Gasteiger charge is 2.12. The van der Waals surface area contributed by atoms with Gasteiger partial charge in [-0.2, -0.15) is 4.39 Å². The third-order valence-electron chi connectivity index (χ3n) is 2.87. The number of amides is 1. The van der Waals surface area contributed by atoms with Crippen LogP contribution in [0.3, 0.4) is 0 Å². The van der Waals surface area contributed by atoms with E-state index in [9.17, 15) is 9.18 Å². The number of carbonyl (C=O) groups excluding carboxylic acids is 1. The molecule has 5 heteroatoms. The Kier molecular flexibility index (Phi) is 4.30. The van der Waals surface area contributed by atoms with Gasteiger partial charge >= 0.3 is 0 Å². The first-order chi connectivity index (χ1) is 9.60. The van der Waals surface area contributed by atoms with E-state index in [1.54, 1.807) is 19.1 Å². The number of ether oxygens (including phenoxy) is 1. The van der Waals surface area contributed by atoms with Crippen molar-refractivity contribution >= 4 is 5.91 Å². The SMILES string of the molecule is COc1cccc(CN(C)C(=O)c2ccc(F)nc2)c1. The first-order valence-corrected chi connectivity index (χ1v) is 6.10. The Balaban J connectivity index is 2.09. The van der Waals surface area contributed by atoms with Crippen LogP contribution in [0, 0.1) is 5.95 Å². The summed E-state index contributed by atoms with van der Waals surface area (Å²) in [4.78, 5) is 17.2. The molecule has 0 aliphatic heterocycles. The molecule has 2 aromatic rings. The minimum Gasteiger partial charge on any atom is -0.497 e. The number of hydrogen-bond donors (Lipinski definition) is 0. The minimum atomic E-state index is -0.600. The van der Waals surface area contributed by atoms with Crippen molar-refractivity contribution in [3.63, 3.8) is 0 Å². The zero-order chi connectivity index (χ0) is 14.5. The topological polar surface area (TPSA) is 42.4 Å². The average Bonchev–Trinajstić information content (AvgIpc) is 2.47. The number of halogens is 1. The number of hydrogen-bond acceptors (Lipinski definition) is 3. The molecule has 104 valence electrons. The maximum Gasteiger partial charge on any atom is 0.255 e. The van der Waals surface area contributed by atoms with E-state index in [-0.39, 0.29) is 5.91 Å². The third kappa shape index (κ3) is 3.32. The molecule has 1 aromatic carbocycles. The van der Waals surface area contributed by atoms with Crippen molar-refractivity contribution in [1.82, 2.24) is 9.88 Å². The van der Waals surface area contributed by atoms with Crippen molar-refractivity contribution < 1.29 is 13.9 Å². The molecule has 20 heavy (non-hydrogen) atoms. The van der Waals surface area contributed by atoms with Crippen LogP contribution >= 0.6 is 0 Å². The molecule has 0 N–H and O–H groups in total. The number of methoxy groups -OCH3 is 1. The lowest BCUT2D eigenvalue weighted by Crippen LogP contribution is -2.26. The Bertz CT molecular complexity index is 599. The van der Waals surface area contributed by atoms with Gasteiger partial charge in [0.05, 0.1) is 12.7 Å². The molecular formula is C15H15FN2O2. The number of rotatable bonds is 4. The van der Waals surface area contributed by atoms with Crippen LogP contribution in [-0.2, 0) is 6.54 Å². The molecule has 1 amide bonds. The fourth-order valence-electron chi connectivity index (χ4n) is 1.84. The maximum atomic E-state index is 12.7. The summed E-state index contributed by atoms with van der Waals surface area (Å²) in [6.45, 7) is 0.438. The largest absolute Gasteiger partial charge is 0.497 e. The van der Waals surface area contributed by atoms with E-state index >= 15 is 0 Å². The zero-order valence-electron chi connectivity index (χ0n) is 11.3. The van der Waals surface area contributed by atoms with Gasteiger partial charge in [-0.25, -0.2) is 4.98 Å². The number of nitrogens with zero attached hydrogens (tertiary/aromatic N) is 2. The van der Waals surface area contributed by atoms with Crippen molar-refractivity contribution in [3.8, 4) is 5.75 Å². The second-order valence-electron chi connectivity index (χ2n) is 4.38. The molecule has 0 bridgehead atoms. The van der Waals surface area contributed by atoms with Gasteiger partial charge in [0.15, 0.2) is 0 Å². The highest BCUT2D eigenvalue weighted by atomic mass is 19.1. The summed E-state index contributed by atoms with van der Waals surface area (Å²) in [6, 6.07) is 10.1. The summed E-state index contributed by atoms with van der Waals surface area (Å²) >= 11 is 0. The predicted molar refractivity (Wildman–Crippen MR) is 73.0 cm³/mol. The van der Waals surface area contributed by atoms with Gasteiger partial charge < -0.3 is 9.64 Å². The summed E-state index contributed by atoms with van der Waals surface area (Å²) in [5.41, 5.74) is 1.31. The number of pyridine rings is 1. The second-order valence-corrected chi connectivity index (χ2v) is 4.38. The van der Waals surface area contributed by atoms with Crippen LogP contribution in [0.25, 0.3) is 0 Å². The first-order valence-electron chi connectivity index (χ1n) is 6.10. The summed E-state index contributed by atoms with van der Waals surface area (Å²) in [5, 5.41) is 0. The summed E-state index contributed by atoms with van der Waals surface area (Å²) in [7, 11) is 3.28. The summed E-state index contributed by atoms with van der Waals surface area (Å²) < 4.78 is 17.9. The molecule has 1 aromatic heterocycles. The van der Waals surface area contributed by atoms with Crippen LogP contribution in [0.15, 0.2) is 42.6 Å². The van der Waals surface area contributed by atoms with Crippen LogP contribution in [0.2, 0.25) is 0 Å². The van der Waals surface area contributed by atoms with Gasteiger partial charge in [-0.3, -0.25) is 4.79 Å². The number of aromatic nitrogens is 1. The highest BCUT2D eigenvalue weighted by molar-refractivity contribution is 5.93. The third-order valence-corrected chi connectivity index (χ3v) is 2.87. The molecule has 0 radical (unpaired) electrons. The Morgan fingerprint density at radius 1 is 1.35 bits per heavy atom. The molecule has 4 nitrogen and oxygen atoms in total. The van der Waals surface area contributed by atoms with Gasteiger partial charge in [0.25, 0.3) is 5.91 Å². The molecule has 0 saturated carbocycles. The normalized spacial score (nSPS) is 10.2. The van der Waals surface area contributed by atoms with Gasteiger partial charge in [-0.1, -0.05) is 12.1 Å². The molecule has 0 spiro atoms. The monoisotopic (exact) mass is 274 g/mol. The average molecular weight is 274 g/mol. The van der Waals surface area contributed by atoms with Crippen molar-refractivity contribution in [3.05, 3.63) is 59.7 Å². The minimum absolute atomic E-state index is 0.208. The van der Waals surface area contributed by atoms with Crippen LogP contribution in [0.5, 0.6) is 5.75 Å². The van der Waals surface area contributed by atoms with Crippen LogP contribution < -0.4 is 4.74 Å². The van der Waals surface area contributed by atoms with E-state index in [4.69, 9.17) is 4.74 Å². The summed E-state index contributed by atoms with van der Waals surface area (Å²) in [6.07, 6.45) is 1.24. The second kappa shape index (κ2) is 6.14. The Labute approximate surface area is 116 Å².